The molecule has 2 aromatic carbocycles. The fraction of sp³-hybridized carbons (Fsp3) is 0.357. The van der Waals surface area contributed by atoms with Gasteiger partial charge in [0.05, 0.1) is 27.9 Å². The SMILES string of the molecule is Cc1nn(C)c(C)c1-c1ccc2c(C3=N[C@@H]4C(O)[C@H](O)C(CO)O[C@@H]4O3)cn(Cc3ccc(Cl)c(Cl)c3)c2c1. The van der Waals surface area contributed by atoms with E-state index in [9.17, 15) is 15.3 Å². The maximum Gasteiger partial charge on any atom is 0.227 e. The van der Waals surface area contributed by atoms with E-state index >= 15 is 0 Å². The van der Waals surface area contributed by atoms with E-state index in [2.05, 4.69) is 20.7 Å². The lowest BCUT2D eigenvalue weighted by Crippen LogP contribution is -2.56. The summed E-state index contributed by atoms with van der Waals surface area (Å²) in [6, 6.07) is 10.9. The van der Waals surface area contributed by atoms with Gasteiger partial charge in [0.1, 0.15) is 24.4 Å². The van der Waals surface area contributed by atoms with Crippen LogP contribution < -0.4 is 0 Å². The van der Waals surface area contributed by atoms with Gasteiger partial charge in [0.15, 0.2) is 0 Å². The van der Waals surface area contributed by atoms with Gasteiger partial charge < -0.3 is 29.4 Å². The van der Waals surface area contributed by atoms with Gasteiger partial charge in [-0.2, -0.15) is 5.10 Å². The second-order valence-electron chi connectivity index (χ2n) is 10.1. The monoisotopic (exact) mass is 570 g/mol. The van der Waals surface area contributed by atoms with Crippen molar-refractivity contribution >= 4 is 40.0 Å². The number of hydrogen-bond donors (Lipinski definition) is 3. The molecule has 3 N–H and O–H groups in total. The lowest BCUT2D eigenvalue weighted by atomic mass is 9.98. The molecule has 6 rings (SSSR count). The molecule has 1 saturated heterocycles. The molecule has 11 heteroatoms. The van der Waals surface area contributed by atoms with Gasteiger partial charge in [-0.05, 0) is 43.2 Å². The van der Waals surface area contributed by atoms with Crippen molar-refractivity contribution in [1.82, 2.24) is 14.3 Å². The molecule has 0 spiro atoms. The zero-order chi connectivity index (χ0) is 27.6. The summed E-state index contributed by atoms with van der Waals surface area (Å²) in [6.07, 6.45) is -2.43. The summed E-state index contributed by atoms with van der Waals surface area (Å²) in [5, 5.41) is 36.9. The van der Waals surface area contributed by atoms with Crippen LogP contribution in [0.3, 0.4) is 0 Å². The number of nitrogens with zero attached hydrogens (tertiary/aromatic N) is 4. The molecule has 1 fully saturated rings. The molecule has 2 aliphatic heterocycles. The first-order chi connectivity index (χ1) is 18.7. The van der Waals surface area contributed by atoms with Gasteiger partial charge in [0.2, 0.25) is 12.2 Å². The van der Waals surface area contributed by atoms with Gasteiger partial charge in [-0.25, -0.2) is 4.99 Å². The lowest BCUT2D eigenvalue weighted by molar-refractivity contribution is -0.234. The second-order valence-corrected chi connectivity index (χ2v) is 10.9. The molecule has 0 aliphatic carbocycles. The highest BCUT2D eigenvalue weighted by molar-refractivity contribution is 6.42. The molecule has 2 unspecified atom stereocenters. The van der Waals surface area contributed by atoms with Crippen LogP contribution in [0.1, 0.15) is 22.5 Å². The molecular formula is C28H28Cl2N4O5. The standard InChI is InChI=1S/C28H28Cl2N4O5/c1-13-23(14(2)33(3)32-13)16-5-6-17-18(27-31-24-26(37)25(36)22(12-35)38-28(24)39-27)11-34(21(17)9-16)10-15-4-7-19(29)20(30)8-15/h4-9,11,22,24-26,28,35-37H,10,12H2,1-3H3/t22?,24-,25-,26?,28-/m1/s1. The molecule has 0 saturated carbocycles. The number of halogens is 2. The molecule has 4 aromatic rings. The maximum atomic E-state index is 10.6. The molecule has 9 nitrogen and oxygen atoms in total. The number of benzene rings is 2. The largest absolute Gasteiger partial charge is 0.445 e. The Labute approximate surface area is 234 Å². The molecule has 2 aromatic heterocycles. The number of aliphatic hydroxyl groups excluding tert-OH is 3. The van der Waals surface area contributed by atoms with E-state index in [-0.39, 0.29) is 0 Å². The van der Waals surface area contributed by atoms with E-state index in [0.29, 0.717) is 22.5 Å². The fourth-order valence-corrected chi connectivity index (χ4v) is 5.81. The third kappa shape index (κ3) is 4.43. The van der Waals surface area contributed by atoms with Crippen LogP contribution in [0.25, 0.3) is 22.0 Å². The Hall–Kier alpha value is -2.92. The third-order valence-corrected chi connectivity index (χ3v) is 8.33. The minimum Gasteiger partial charge on any atom is -0.445 e. The first-order valence-electron chi connectivity index (χ1n) is 12.6. The Kier molecular flexibility index (Phi) is 6.69. The van der Waals surface area contributed by atoms with Crippen LogP contribution in [0.2, 0.25) is 10.0 Å². The Balaban J connectivity index is 1.46. The van der Waals surface area contributed by atoms with Gasteiger partial charge in [-0.1, -0.05) is 41.4 Å². The summed E-state index contributed by atoms with van der Waals surface area (Å²) in [5.74, 6) is 0.300. The van der Waals surface area contributed by atoms with Crippen molar-refractivity contribution in [2.24, 2.45) is 12.0 Å². The lowest BCUT2D eigenvalue weighted by Gasteiger charge is -2.36. The van der Waals surface area contributed by atoms with Crippen molar-refractivity contribution in [2.45, 2.75) is 51.0 Å². The van der Waals surface area contributed by atoms with Gasteiger partial charge in [-0.15, -0.1) is 0 Å². The number of aromatic nitrogens is 3. The highest BCUT2D eigenvalue weighted by atomic mass is 35.5. The summed E-state index contributed by atoms with van der Waals surface area (Å²) >= 11 is 12.5. The highest BCUT2D eigenvalue weighted by Crippen LogP contribution is 2.36. The van der Waals surface area contributed by atoms with Gasteiger partial charge in [0, 0.05) is 41.9 Å². The fourth-order valence-electron chi connectivity index (χ4n) is 5.49. The third-order valence-electron chi connectivity index (χ3n) is 7.59. The van der Waals surface area contributed by atoms with Gasteiger partial charge in [-0.3, -0.25) is 4.68 Å². The molecule has 2 aliphatic rings. The minimum atomic E-state index is -1.27. The van der Waals surface area contributed by atoms with E-state index < -0.39 is 37.3 Å². The molecule has 0 bridgehead atoms. The molecular weight excluding hydrogens is 543 g/mol. The Morgan fingerprint density at radius 1 is 1.03 bits per heavy atom. The zero-order valence-corrected chi connectivity index (χ0v) is 23.1. The van der Waals surface area contributed by atoms with Crippen LogP contribution in [-0.4, -0.2) is 72.8 Å². The van der Waals surface area contributed by atoms with E-state index in [0.717, 1.165) is 44.5 Å². The van der Waals surface area contributed by atoms with Crippen molar-refractivity contribution in [2.75, 3.05) is 6.61 Å². The van der Waals surface area contributed by atoms with Crippen molar-refractivity contribution in [3.05, 3.63) is 75.2 Å². The molecule has 4 heterocycles. The predicted molar refractivity (Wildman–Crippen MR) is 148 cm³/mol. The summed E-state index contributed by atoms with van der Waals surface area (Å²) in [7, 11) is 1.93. The van der Waals surface area contributed by atoms with E-state index in [1.807, 2.05) is 56.0 Å². The number of rotatable bonds is 5. The number of aliphatic imine (C=N–C) groups is 1. The second kappa shape index (κ2) is 9.92. The number of aliphatic hydroxyl groups is 3. The number of fused-ring (bicyclic) bond motifs is 2. The van der Waals surface area contributed by atoms with E-state index in [1.165, 1.54) is 0 Å². The summed E-state index contributed by atoms with van der Waals surface area (Å²) in [6.45, 7) is 4.10. The Bertz CT molecular complexity index is 1610. The van der Waals surface area contributed by atoms with Crippen molar-refractivity contribution < 1.29 is 24.8 Å². The van der Waals surface area contributed by atoms with Crippen LogP contribution in [-0.2, 0) is 23.1 Å². The minimum absolute atomic E-state index is 0.300. The van der Waals surface area contributed by atoms with Crippen molar-refractivity contribution in [1.29, 1.82) is 0 Å². The highest BCUT2D eigenvalue weighted by Gasteiger charge is 2.49. The molecule has 0 radical (unpaired) electrons. The van der Waals surface area contributed by atoms with Crippen LogP contribution in [0, 0.1) is 13.8 Å². The molecule has 204 valence electrons. The maximum absolute atomic E-state index is 10.6. The number of aryl methyl sites for hydroxylation is 2. The predicted octanol–water partition coefficient (Wildman–Crippen LogP) is 3.60. The molecule has 39 heavy (non-hydrogen) atoms. The quantitative estimate of drug-likeness (QED) is 0.338. The number of hydrogen-bond acceptors (Lipinski definition) is 7. The van der Waals surface area contributed by atoms with E-state index in [4.69, 9.17) is 32.7 Å². The van der Waals surface area contributed by atoms with Gasteiger partial charge in [0.25, 0.3) is 0 Å². The molecule has 0 amide bonds. The van der Waals surface area contributed by atoms with Crippen molar-refractivity contribution in [3.63, 3.8) is 0 Å². The Morgan fingerprint density at radius 2 is 1.82 bits per heavy atom. The van der Waals surface area contributed by atoms with Crippen LogP contribution in [0.15, 0.2) is 47.6 Å². The van der Waals surface area contributed by atoms with Crippen molar-refractivity contribution in [3.8, 4) is 11.1 Å². The smallest absolute Gasteiger partial charge is 0.227 e. The summed E-state index contributed by atoms with van der Waals surface area (Å²) < 4.78 is 15.7. The normalized spacial score (nSPS) is 24.6. The van der Waals surface area contributed by atoms with Crippen LogP contribution in [0.5, 0.6) is 0 Å². The Morgan fingerprint density at radius 3 is 2.51 bits per heavy atom. The van der Waals surface area contributed by atoms with Crippen LogP contribution >= 0.6 is 23.2 Å². The van der Waals surface area contributed by atoms with Crippen LogP contribution in [0.4, 0.5) is 0 Å². The van der Waals surface area contributed by atoms with Gasteiger partial charge >= 0.3 is 0 Å². The first kappa shape index (κ1) is 26.3. The van der Waals surface area contributed by atoms with E-state index in [1.54, 1.807) is 6.07 Å². The zero-order valence-electron chi connectivity index (χ0n) is 21.5. The number of ether oxygens (including phenoxy) is 2. The first-order valence-corrected chi connectivity index (χ1v) is 13.4. The topological polar surface area (TPSA) is 114 Å². The summed E-state index contributed by atoms with van der Waals surface area (Å²) in [4.78, 5) is 4.60. The molecule has 5 atom stereocenters. The summed E-state index contributed by atoms with van der Waals surface area (Å²) in [5.41, 5.74) is 6.72. The average molecular weight is 571 g/mol. The average Bonchev–Trinajstić information content (AvgIpc) is 3.57.